The van der Waals surface area contributed by atoms with Gasteiger partial charge in [-0.2, -0.15) is 0 Å². The molecule has 0 aliphatic rings. The SMILES string of the molecule is Cc1ccc(CN(C(=O)Cc2cccc(C)c2)[C@H](Cc2ccccc2)C(=O)NC(C)(C)C)cc1. The Hall–Kier alpha value is -3.40. The lowest BCUT2D eigenvalue weighted by molar-refractivity contribution is -0.141. The number of carbonyl (C=O) groups excluding carboxylic acids is 2. The maximum Gasteiger partial charge on any atom is 0.243 e. The van der Waals surface area contributed by atoms with E-state index in [1.165, 1.54) is 0 Å². The summed E-state index contributed by atoms with van der Waals surface area (Å²) in [6.45, 7) is 10.3. The van der Waals surface area contributed by atoms with Crippen LogP contribution in [-0.4, -0.2) is 28.3 Å². The standard InChI is InChI=1S/C30H36N2O2/c1-22-14-16-25(17-15-22)21-32(28(33)20-26-13-9-10-23(2)18-26)27(29(34)31-30(3,4)5)19-24-11-7-6-8-12-24/h6-18,27H,19-21H2,1-5H3,(H,31,34)/t27-/m1/s1. The van der Waals surface area contributed by atoms with Gasteiger partial charge in [0.25, 0.3) is 0 Å². The normalized spacial score (nSPS) is 12.1. The number of aryl methyl sites for hydroxylation is 2. The lowest BCUT2D eigenvalue weighted by Gasteiger charge is -2.34. The Labute approximate surface area is 204 Å². The molecule has 0 radical (unpaired) electrons. The van der Waals surface area contributed by atoms with Crippen LogP contribution in [0, 0.1) is 13.8 Å². The van der Waals surface area contributed by atoms with Crippen molar-refractivity contribution in [3.63, 3.8) is 0 Å². The molecule has 0 fully saturated rings. The Kier molecular flexibility index (Phi) is 8.27. The third-order valence-electron chi connectivity index (χ3n) is 5.68. The molecule has 178 valence electrons. The molecular weight excluding hydrogens is 420 g/mol. The Balaban J connectivity index is 1.98. The number of hydrogen-bond donors (Lipinski definition) is 1. The average Bonchev–Trinajstić information content (AvgIpc) is 2.77. The van der Waals surface area contributed by atoms with E-state index in [2.05, 4.69) is 5.32 Å². The quantitative estimate of drug-likeness (QED) is 0.493. The number of carbonyl (C=O) groups is 2. The van der Waals surface area contributed by atoms with Gasteiger partial charge in [-0.05, 0) is 51.3 Å². The summed E-state index contributed by atoms with van der Waals surface area (Å²) in [5.41, 5.74) is 4.85. The van der Waals surface area contributed by atoms with Gasteiger partial charge in [-0.3, -0.25) is 9.59 Å². The number of amides is 2. The van der Waals surface area contributed by atoms with Crippen molar-refractivity contribution in [3.05, 3.63) is 107 Å². The second-order valence-electron chi connectivity index (χ2n) is 10.1. The summed E-state index contributed by atoms with van der Waals surface area (Å²) in [7, 11) is 0. The summed E-state index contributed by atoms with van der Waals surface area (Å²) >= 11 is 0. The van der Waals surface area contributed by atoms with Gasteiger partial charge in [0.1, 0.15) is 6.04 Å². The molecule has 0 bridgehead atoms. The predicted octanol–water partition coefficient (Wildman–Crippen LogP) is 5.40. The first kappa shape index (κ1) is 25.2. The zero-order valence-electron chi connectivity index (χ0n) is 21.0. The number of benzene rings is 3. The van der Waals surface area contributed by atoms with Crippen LogP contribution in [0.3, 0.4) is 0 Å². The Bertz CT molecular complexity index is 1100. The minimum Gasteiger partial charge on any atom is -0.350 e. The largest absolute Gasteiger partial charge is 0.350 e. The lowest BCUT2D eigenvalue weighted by atomic mass is 9.99. The molecule has 0 aliphatic carbocycles. The Morgan fingerprint density at radius 2 is 1.44 bits per heavy atom. The predicted molar refractivity (Wildman–Crippen MR) is 138 cm³/mol. The zero-order chi connectivity index (χ0) is 24.7. The summed E-state index contributed by atoms with van der Waals surface area (Å²) < 4.78 is 0. The topological polar surface area (TPSA) is 49.4 Å². The highest BCUT2D eigenvalue weighted by Gasteiger charge is 2.32. The molecule has 4 nitrogen and oxygen atoms in total. The van der Waals surface area contributed by atoms with E-state index in [-0.39, 0.29) is 18.2 Å². The van der Waals surface area contributed by atoms with Gasteiger partial charge in [-0.1, -0.05) is 90.0 Å². The maximum atomic E-state index is 13.7. The first-order chi connectivity index (χ1) is 16.1. The summed E-state index contributed by atoms with van der Waals surface area (Å²) in [4.78, 5) is 29.0. The lowest BCUT2D eigenvalue weighted by Crippen LogP contribution is -2.54. The fourth-order valence-electron chi connectivity index (χ4n) is 4.00. The third-order valence-corrected chi connectivity index (χ3v) is 5.68. The molecule has 3 aromatic carbocycles. The van der Waals surface area contributed by atoms with Crippen LogP contribution in [0.1, 0.15) is 48.6 Å². The van der Waals surface area contributed by atoms with Gasteiger partial charge in [-0.15, -0.1) is 0 Å². The number of nitrogens with one attached hydrogen (secondary N) is 1. The van der Waals surface area contributed by atoms with Gasteiger partial charge in [0.2, 0.25) is 11.8 Å². The second kappa shape index (κ2) is 11.1. The van der Waals surface area contributed by atoms with Crippen molar-refractivity contribution >= 4 is 11.8 Å². The smallest absolute Gasteiger partial charge is 0.243 e. The molecule has 0 heterocycles. The van der Waals surface area contributed by atoms with Crippen LogP contribution in [0.4, 0.5) is 0 Å². The Morgan fingerprint density at radius 1 is 0.794 bits per heavy atom. The first-order valence-electron chi connectivity index (χ1n) is 11.9. The number of hydrogen-bond acceptors (Lipinski definition) is 2. The molecule has 0 saturated carbocycles. The van der Waals surface area contributed by atoms with E-state index in [1.807, 2.05) is 113 Å². The molecule has 0 unspecified atom stereocenters. The van der Waals surface area contributed by atoms with Crippen molar-refractivity contribution < 1.29 is 9.59 Å². The fourth-order valence-corrected chi connectivity index (χ4v) is 4.00. The van der Waals surface area contributed by atoms with Crippen LogP contribution in [-0.2, 0) is 29.0 Å². The summed E-state index contributed by atoms with van der Waals surface area (Å²) in [5.74, 6) is -0.197. The van der Waals surface area contributed by atoms with E-state index >= 15 is 0 Å². The molecule has 3 rings (SSSR count). The Morgan fingerprint density at radius 3 is 2.06 bits per heavy atom. The fraction of sp³-hybridized carbons (Fsp3) is 0.333. The van der Waals surface area contributed by atoms with Crippen molar-refractivity contribution in [2.75, 3.05) is 0 Å². The number of nitrogens with zero attached hydrogens (tertiary/aromatic N) is 1. The molecule has 1 N–H and O–H groups in total. The molecule has 0 saturated heterocycles. The molecule has 0 spiro atoms. The summed E-state index contributed by atoms with van der Waals surface area (Å²) in [6, 6.07) is 25.4. The third kappa shape index (κ3) is 7.58. The van der Waals surface area contributed by atoms with E-state index in [1.54, 1.807) is 4.90 Å². The van der Waals surface area contributed by atoms with E-state index in [0.717, 1.165) is 27.8 Å². The van der Waals surface area contributed by atoms with Crippen molar-refractivity contribution in [2.24, 2.45) is 0 Å². The molecule has 1 atom stereocenters. The van der Waals surface area contributed by atoms with E-state index in [0.29, 0.717) is 13.0 Å². The minimum atomic E-state index is -0.625. The van der Waals surface area contributed by atoms with Gasteiger partial charge in [0.15, 0.2) is 0 Å². The zero-order valence-corrected chi connectivity index (χ0v) is 21.0. The van der Waals surface area contributed by atoms with E-state index < -0.39 is 11.6 Å². The molecule has 2 amide bonds. The molecule has 34 heavy (non-hydrogen) atoms. The van der Waals surface area contributed by atoms with Gasteiger partial charge < -0.3 is 10.2 Å². The molecule has 0 aromatic heterocycles. The summed E-state index contributed by atoms with van der Waals surface area (Å²) in [6.07, 6.45) is 0.704. The van der Waals surface area contributed by atoms with Crippen LogP contribution >= 0.6 is 0 Å². The summed E-state index contributed by atoms with van der Waals surface area (Å²) in [5, 5.41) is 3.11. The molecular formula is C30H36N2O2. The first-order valence-corrected chi connectivity index (χ1v) is 11.9. The molecule has 3 aromatic rings. The number of rotatable bonds is 8. The van der Waals surface area contributed by atoms with Gasteiger partial charge >= 0.3 is 0 Å². The minimum absolute atomic E-state index is 0.0591. The van der Waals surface area contributed by atoms with E-state index in [9.17, 15) is 9.59 Å². The monoisotopic (exact) mass is 456 g/mol. The highest BCUT2D eigenvalue weighted by molar-refractivity contribution is 5.89. The maximum absolute atomic E-state index is 13.7. The average molecular weight is 457 g/mol. The van der Waals surface area contributed by atoms with Crippen molar-refractivity contribution in [3.8, 4) is 0 Å². The van der Waals surface area contributed by atoms with Gasteiger partial charge in [0.05, 0.1) is 6.42 Å². The van der Waals surface area contributed by atoms with Gasteiger partial charge in [-0.25, -0.2) is 0 Å². The molecule has 4 heteroatoms. The highest BCUT2D eigenvalue weighted by atomic mass is 16.2. The van der Waals surface area contributed by atoms with Crippen LogP contribution in [0.2, 0.25) is 0 Å². The van der Waals surface area contributed by atoms with Crippen LogP contribution in [0.25, 0.3) is 0 Å². The second-order valence-corrected chi connectivity index (χ2v) is 10.1. The van der Waals surface area contributed by atoms with Crippen molar-refractivity contribution in [1.29, 1.82) is 0 Å². The van der Waals surface area contributed by atoms with Crippen LogP contribution in [0.15, 0.2) is 78.9 Å². The van der Waals surface area contributed by atoms with Crippen molar-refractivity contribution in [2.45, 2.75) is 65.6 Å². The van der Waals surface area contributed by atoms with Crippen LogP contribution < -0.4 is 5.32 Å². The van der Waals surface area contributed by atoms with Gasteiger partial charge in [0, 0.05) is 18.5 Å². The molecule has 0 aliphatic heterocycles. The highest BCUT2D eigenvalue weighted by Crippen LogP contribution is 2.18. The van der Waals surface area contributed by atoms with Crippen LogP contribution in [0.5, 0.6) is 0 Å². The van der Waals surface area contributed by atoms with Crippen molar-refractivity contribution in [1.82, 2.24) is 10.2 Å². The van der Waals surface area contributed by atoms with E-state index in [4.69, 9.17) is 0 Å².